The van der Waals surface area contributed by atoms with Crippen molar-refractivity contribution in [2.45, 2.75) is 40.2 Å². The van der Waals surface area contributed by atoms with E-state index in [9.17, 15) is 9.59 Å². The minimum absolute atomic E-state index is 0.0561. The fraction of sp³-hybridized carbons (Fsp3) is 0.643. The van der Waals surface area contributed by atoms with Crippen LogP contribution in [0, 0.1) is 11.3 Å². The number of nitrogens with zero attached hydrogens (tertiary/aromatic N) is 1. The van der Waals surface area contributed by atoms with E-state index in [0.717, 1.165) is 0 Å². The maximum atomic E-state index is 11.8. The maximum absolute atomic E-state index is 11.8. The minimum atomic E-state index is -1.08. The van der Waals surface area contributed by atoms with Gasteiger partial charge < -0.3 is 20.7 Å². The summed E-state index contributed by atoms with van der Waals surface area (Å²) in [7, 11) is 0. The smallest absolute Gasteiger partial charge is 0.326 e. The summed E-state index contributed by atoms with van der Waals surface area (Å²) in [5.74, 6) is -0.680. The van der Waals surface area contributed by atoms with E-state index in [1.165, 1.54) is 12.5 Å². The maximum Gasteiger partial charge on any atom is 0.326 e. The SMILES string of the molecule is CC(C)C(C)(C)CNC(=O)NC(Cc1cnc[nH]1)C(=O)O. The summed E-state index contributed by atoms with van der Waals surface area (Å²) in [6, 6.07) is -1.47. The number of hydrogen-bond acceptors (Lipinski definition) is 3. The van der Waals surface area contributed by atoms with Gasteiger partial charge in [-0.3, -0.25) is 0 Å². The number of aromatic nitrogens is 2. The molecule has 118 valence electrons. The van der Waals surface area contributed by atoms with Crippen LogP contribution in [-0.2, 0) is 11.2 Å². The average Bonchev–Trinajstić information content (AvgIpc) is 2.88. The van der Waals surface area contributed by atoms with Gasteiger partial charge in [0.25, 0.3) is 0 Å². The van der Waals surface area contributed by atoms with Gasteiger partial charge in [-0.15, -0.1) is 0 Å². The van der Waals surface area contributed by atoms with Crippen molar-refractivity contribution in [3.63, 3.8) is 0 Å². The second-order valence-electron chi connectivity index (χ2n) is 6.14. The number of aliphatic carboxylic acids is 1. The zero-order valence-electron chi connectivity index (χ0n) is 12.9. The molecule has 1 aromatic heterocycles. The molecule has 1 heterocycles. The van der Waals surface area contributed by atoms with Crippen molar-refractivity contribution < 1.29 is 14.7 Å². The quantitative estimate of drug-likeness (QED) is 0.610. The van der Waals surface area contributed by atoms with E-state index < -0.39 is 18.0 Å². The van der Waals surface area contributed by atoms with Crippen molar-refractivity contribution in [3.05, 3.63) is 18.2 Å². The molecular weight excluding hydrogens is 272 g/mol. The molecule has 1 aromatic rings. The van der Waals surface area contributed by atoms with E-state index in [1.807, 2.05) is 0 Å². The van der Waals surface area contributed by atoms with Gasteiger partial charge in [-0.2, -0.15) is 0 Å². The zero-order chi connectivity index (χ0) is 16.0. The van der Waals surface area contributed by atoms with E-state index in [1.54, 1.807) is 0 Å². The number of amides is 2. The number of carbonyl (C=O) groups is 2. The van der Waals surface area contributed by atoms with Gasteiger partial charge in [0.05, 0.1) is 6.33 Å². The Morgan fingerprint density at radius 1 is 1.43 bits per heavy atom. The van der Waals surface area contributed by atoms with E-state index in [2.05, 4.69) is 48.3 Å². The van der Waals surface area contributed by atoms with Crippen LogP contribution in [0.4, 0.5) is 4.79 Å². The van der Waals surface area contributed by atoms with Crippen LogP contribution in [0.1, 0.15) is 33.4 Å². The van der Waals surface area contributed by atoms with Crippen LogP contribution in [0.5, 0.6) is 0 Å². The number of rotatable bonds is 7. The second-order valence-corrected chi connectivity index (χ2v) is 6.14. The molecule has 0 aromatic carbocycles. The van der Waals surface area contributed by atoms with Crippen LogP contribution >= 0.6 is 0 Å². The van der Waals surface area contributed by atoms with E-state index >= 15 is 0 Å². The molecule has 2 amide bonds. The van der Waals surface area contributed by atoms with Crippen molar-refractivity contribution in [1.82, 2.24) is 20.6 Å². The van der Waals surface area contributed by atoms with Crippen LogP contribution in [0.3, 0.4) is 0 Å². The summed E-state index contributed by atoms with van der Waals surface area (Å²) in [6.45, 7) is 8.75. The number of urea groups is 1. The first-order chi connectivity index (χ1) is 9.72. The molecule has 1 atom stereocenters. The summed E-state index contributed by atoms with van der Waals surface area (Å²) in [5.41, 5.74) is 0.601. The average molecular weight is 296 g/mol. The van der Waals surface area contributed by atoms with Crippen molar-refractivity contribution >= 4 is 12.0 Å². The predicted molar refractivity (Wildman–Crippen MR) is 78.9 cm³/mol. The molecule has 0 saturated heterocycles. The molecule has 0 fully saturated rings. The Kier molecular flexibility index (Phi) is 5.75. The molecule has 7 heteroatoms. The standard InChI is InChI=1S/C14H24N4O3/c1-9(2)14(3,4)7-16-13(21)18-11(12(19)20)5-10-6-15-8-17-10/h6,8-9,11H,5,7H2,1-4H3,(H,15,17)(H,19,20)(H2,16,18,21). The van der Waals surface area contributed by atoms with Gasteiger partial charge in [0, 0.05) is 24.9 Å². The van der Waals surface area contributed by atoms with Crippen molar-refractivity contribution in [3.8, 4) is 0 Å². The van der Waals surface area contributed by atoms with Crippen LogP contribution in [-0.4, -0.2) is 39.7 Å². The highest BCUT2D eigenvalue weighted by Gasteiger charge is 2.25. The van der Waals surface area contributed by atoms with Crippen LogP contribution in [0.15, 0.2) is 12.5 Å². The van der Waals surface area contributed by atoms with Crippen molar-refractivity contribution in [2.24, 2.45) is 11.3 Å². The summed E-state index contributed by atoms with van der Waals surface area (Å²) < 4.78 is 0. The molecule has 0 bridgehead atoms. The highest BCUT2D eigenvalue weighted by Crippen LogP contribution is 2.24. The first kappa shape index (κ1) is 17.0. The first-order valence-electron chi connectivity index (χ1n) is 6.97. The predicted octanol–water partition coefficient (Wildman–Crippen LogP) is 1.39. The fourth-order valence-corrected chi connectivity index (χ4v) is 1.54. The Morgan fingerprint density at radius 2 is 2.10 bits per heavy atom. The highest BCUT2D eigenvalue weighted by molar-refractivity contribution is 5.82. The lowest BCUT2D eigenvalue weighted by Gasteiger charge is -2.29. The molecule has 1 unspecified atom stereocenters. The normalized spacial score (nSPS) is 13.0. The number of carbonyl (C=O) groups excluding carboxylic acids is 1. The lowest BCUT2D eigenvalue weighted by Crippen LogP contribution is -2.49. The van der Waals surface area contributed by atoms with Gasteiger partial charge in [0.1, 0.15) is 6.04 Å². The van der Waals surface area contributed by atoms with Crippen LogP contribution < -0.4 is 10.6 Å². The Balaban J connectivity index is 2.52. The van der Waals surface area contributed by atoms with Crippen LogP contribution in [0.25, 0.3) is 0 Å². The highest BCUT2D eigenvalue weighted by atomic mass is 16.4. The Morgan fingerprint density at radius 3 is 2.57 bits per heavy atom. The lowest BCUT2D eigenvalue weighted by atomic mass is 9.81. The second kappa shape index (κ2) is 7.10. The molecule has 21 heavy (non-hydrogen) atoms. The number of hydrogen-bond donors (Lipinski definition) is 4. The Labute approximate surface area is 124 Å². The lowest BCUT2D eigenvalue weighted by molar-refractivity contribution is -0.139. The van der Waals surface area contributed by atoms with E-state index in [4.69, 9.17) is 5.11 Å². The summed E-state index contributed by atoms with van der Waals surface area (Å²) >= 11 is 0. The molecule has 0 aliphatic rings. The van der Waals surface area contributed by atoms with E-state index in [0.29, 0.717) is 18.2 Å². The number of aromatic amines is 1. The monoisotopic (exact) mass is 296 g/mol. The summed E-state index contributed by atoms with van der Waals surface area (Å²) in [4.78, 5) is 29.7. The van der Waals surface area contributed by atoms with Crippen LogP contribution in [0.2, 0.25) is 0 Å². The largest absolute Gasteiger partial charge is 0.480 e. The number of carboxylic acids is 1. The molecule has 4 N–H and O–H groups in total. The van der Waals surface area contributed by atoms with Crippen molar-refractivity contribution in [1.29, 1.82) is 0 Å². The molecule has 0 spiro atoms. The third-order valence-corrected chi connectivity index (χ3v) is 3.85. The number of imidazole rings is 1. The molecule has 0 radical (unpaired) electrons. The topological polar surface area (TPSA) is 107 Å². The van der Waals surface area contributed by atoms with Gasteiger partial charge in [-0.1, -0.05) is 27.7 Å². The zero-order valence-corrected chi connectivity index (χ0v) is 12.9. The molecule has 0 aliphatic carbocycles. The van der Waals surface area contributed by atoms with Gasteiger partial charge in [-0.25, -0.2) is 14.6 Å². The Bertz CT molecular complexity index is 469. The minimum Gasteiger partial charge on any atom is -0.480 e. The van der Waals surface area contributed by atoms with Crippen molar-refractivity contribution in [2.75, 3.05) is 6.54 Å². The van der Waals surface area contributed by atoms with E-state index in [-0.39, 0.29) is 11.8 Å². The molecule has 0 saturated carbocycles. The third-order valence-electron chi connectivity index (χ3n) is 3.85. The Hall–Kier alpha value is -2.05. The fourth-order valence-electron chi connectivity index (χ4n) is 1.54. The van der Waals surface area contributed by atoms with Gasteiger partial charge in [-0.05, 0) is 11.3 Å². The molecule has 7 nitrogen and oxygen atoms in total. The third kappa shape index (κ3) is 5.45. The first-order valence-corrected chi connectivity index (χ1v) is 6.97. The molecular formula is C14H24N4O3. The van der Waals surface area contributed by atoms with Gasteiger partial charge in [0.2, 0.25) is 0 Å². The van der Waals surface area contributed by atoms with Gasteiger partial charge >= 0.3 is 12.0 Å². The van der Waals surface area contributed by atoms with Gasteiger partial charge in [0.15, 0.2) is 0 Å². The molecule has 0 aliphatic heterocycles. The number of H-pyrrole nitrogens is 1. The molecule has 1 rings (SSSR count). The number of nitrogens with one attached hydrogen (secondary N) is 3. The summed E-state index contributed by atoms with van der Waals surface area (Å²) in [6.07, 6.45) is 3.17. The summed E-state index contributed by atoms with van der Waals surface area (Å²) in [5, 5.41) is 14.4. The number of carboxylic acid groups (broad SMARTS) is 1.